The van der Waals surface area contributed by atoms with Gasteiger partial charge in [0.25, 0.3) is 0 Å². The average Bonchev–Trinajstić information content (AvgIpc) is 2.52. The maximum atomic E-state index is 13.0. The van der Waals surface area contributed by atoms with Gasteiger partial charge in [0.2, 0.25) is 5.91 Å². The van der Waals surface area contributed by atoms with E-state index in [4.69, 9.17) is 9.47 Å². The van der Waals surface area contributed by atoms with E-state index in [1.807, 2.05) is 0 Å². The highest BCUT2D eigenvalue weighted by Gasteiger charge is 2.33. The first-order valence-electron chi connectivity index (χ1n) is 7.32. The van der Waals surface area contributed by atoms with Gasteiger partial charge in [-0.25, -0.2) is 4.39 Å². The summed E-state index contributed by atoms with van der Waals surface area (Å²) >= 11 is 0. The molecule has 1 aliphatic rings. The molecular weight excluding hydrogens is 287 g/mol. The van der Waals surface area contributed by atoms with E-state index in [9.17, 15) is 14.4 Å². The Balaban J connectivity index is 1.70. The van der Waals surface area contributed by atoms with Crippen LogP contribution in [0.4, 0.5) is 4.39 Å². The van der Waals surface area contributed by atoms with Crippen LogP contribution in [0.15, 0.2) is 24.3 Å². The number of hydrogen-bond donors (Lipinski definition) is 1. The lowest BCUT2D eigenvalue weighted by atomic mass is 9.91. The van der Waals surface area contributed by atoms with Crippen molar-refractivity contribution in [3.63, 3.8) is 0 Å². The minimum absolute atomic E-state index is 0.175. The lowest BCUT2D eigenvalue weighted by molar-refractivity contribution is -0.123. The molecule has 22 heavy (non-hydrogen) atoms. The monoisotopic (exact) mass is 306 g/mol. The summed E-state index contributed by atoms with van der Waals surface area (Å²) in [4.78, 5) is 11.9. The van der Waals surface area contributed by atoms with E-state index >= 15 is 0 Å². The second-order valence-corrected chi connectivity index (χ2v) is 5.26. The summed E-state index contributed by atoms with van der Waals surface area (Å²) in [5.41, 5.74) is -0.807. The highest BCUT2D eigenvalue weighted by molar-refractivity contribution is 5.77. The Morgan fingerprint density at radius 2 is 2.23 bits per heavy atom. The minimum atomic E-state index is -0.807. The smallest absolute Gasteiger partial charge is 0.221 e. The van der Waals surface area contributed by atoms with E-state index in [1.165, 1.54) is 12.1 Å². The molecule has 1 saturated heterocycles. The third kappa shape index (κ3) is 4.71. The van der Waals surface area contributed by atoms with Gasteiger partial charge in [-0.05, 0) is 18.6 Å². The first-order valence-corrected chi connectivity index (χ1v) is 7.32. The number of amides is 1. The SMILES string of the molecule is N#CC1(NC(=O)CCCOc2cccc(F)c2)CCOCC1. The predicted molar refractivity (Wildman–Crippen MR) is 77.7 cm³/mol. The Bertz CT molecular complexity index is 551. The summed E-state index contributed by atoms with van der Waals surface area (Å²) in [6.07, 6.45) is 1.78. The van der Waals surface area contributed by atoms with Crippen LogP contribution in [0.25, 0.3) is 0 Å². The molecule has 6 heteroatoms. The van der Waals surface area contributed by atoms with Crippen LogP contribution in [-0.2, 0) is 9.53 Å². The maximum absolute atomic E-state index is 13.0. The number of rotatable bonds is 6. The molecule has 1 N–H and O–H groups in total. The Morgan fingerprint density at radius 1 is 1.45 bits per heavy atom. The second-order valence-electron chi connectivity index (χ2n) is 5.26. The average molecular weight is 306 g/mol. The number of benzene rings is 1. The van der Waals surface area contributed by atoms with Crippen molar-refractivity contribution in [2.75, 3.05) is 19.8 Å². The normalized spacial score (nSPS) is 16.5. The molecule has 0 saturated carbocycles. The van der Waals surface area contributed by atoms with Crippen LogP contribution in [0.5, 0.6) is 5.75 Å². The van der Waals surface area contributed by atoms with Crippen LogP contribution >= 0.6 is 0 Å². The van der Waals surface area contributed by atoms with Gasteiger partial charge >= 0.3 is 0 Å². The molecule has 0 aromatic heterocycles. The zero-order chi connectivity index (χ0) is 15.8. The van der Waals surface area contributed by atoms with Gasteiger partial charge in [0, 0.05) is 38.5 Å². The van der Waals surface area contributed by atoms with E-state index < -0.39 is 5.54 Å². The van der Waals surface area contributed by atoms with Crippen LogP contribution in [0.1, 0.15) is 25.7 Å². The van der Waals surface area contributed by atoms with Crippen molar-refractivity contribution < 1.29 is 18.7 Å². The number of carbonyl (C=O) groups is 1. The zero-order valence-electron chi connectivity index (χ0n) is 12.3. The van der Waals surface area contributed by atoms with Crippen molar-refractivity contribution >= 4 is 5.91 Å². The van der Waals surface area contributed by atoms with Gasteiger partial charge in [-0.2, -0.15) is 5.26 Å². The molecule has 0 unspecified atom stereocenters. The lowest BCUT2D eigenvalue weighted by Gasteiger charge is -2.31. The Labute approximate surface area is 129 Å². The summed E-state index contributed by atoms with van der Waals surface area (Å²) in [5, 5.41) is 12.1. The summed E-state index contributed by atoms with van der Waals surface area (Å²) in [6.45, 7) is 1.28. The number of ether oxygens (including phenoxy) is 2. The molecule has 1 aromatic rings. The Morgan fingerprint density at radius 3 is 2.91 bits per heavy atom. The van der Waals surface area contributed by atoms with Gasteiger partial charge in [-0.15, -0.1) is 0 Å². The van der Waals surface area contributed by atoms with Gasteiger partial charge < -0.3 is 14.8 Å². The zero-order valence-corrected chi connectivity index (χ0v) is 12.3. The standard InChI is InChI=1S/C16H19FN2O3/c17-13-3-1-4-14(11-13)22-8-2-5-15(20)19-16(12-18)6-9-21-10-7-16/h1,3-4,11H,2,5-10H2,(H,19,20). The third-order valence-corrected chi connectivity index (χ3v) is 3.55. The van der Waals surface area contributed by atoms with Crippen molar-refractivity contribution in [1.82, 2.24) is 5.32 Å². The number of nitrogens with one attached hydrogen (secondary N) is 1. The number of halogens is 1. The van der Waals surface area contributed by atoms with Crippen LogP contribution < -0.4 is 10.1 Å². The van der Waals surface area contributed by atoms with E-state index in [0.29, 0.717) is 44.8 Å². The molecule has 1 aliphatic heterocycles. The van der Waals surface area contributed by atoms with Crippen molar-refractivity contribution in [2.24, 2.45) is 0 Å². The first-order chi connectivity index (χ1) is 10.6. The molecule has 0 bridgehead atoms. The fraction of sp³-hybridized carbons (Fsp3) is 0.500. The van der Waals surface area contributed by atoms with Crippen LogP contribution in [0.2, 0.25) is 0 Å². The summed E-state index contributed by atoms with van der Waals surface area (Å²) in [6, 6.07) is 8.06. The molecule has 1 heterocycles. The largest absolute Gasteiger partial charge is 0.493 e. The molecule has 1 aromatic carbocycles. The molecule has 118 valence electrons. The summed E-state index contributed by atoms with van der Waals surface area (Å²) < 4.78 is 23.5. The molecule has 5 nitrogen and oxygen atoms in total. The lowest BCUT2D eigenvalue weighted by Crippen LogP contribution is -2.50. The molecule has 1 amide bonds. The van der Waals surface area contributed by atoms with Crippen LogP contribution in [0, 0.1) is 17.1 Å². The van der Waals surface area contributed by atoms with Gasteiger partial charge in [-0.3, -0.25) is 4.79 Å². The number of nitrogens with zero attached hydrogens (tertiary/aromatic N) is 1. The van der Waals surface area contributed by atoms with Crippen LogP contribution in [-0.4, -0.2) is 31.3 Å². The number of hydrogen-bond acceptors (Lipinski definition) is 4. The fourth-order valence-electron chi connectivity index (χ4n) is 2.29. The fourth-order valence-corrected chi connectivity index (χ4v) is 2.29. The van der Waals surface area contributed by atoms with Crippen LogP contribution in [0.3, 0.4) is 0 Å². The van der Waals surface area contributed by atoms with Crippen molar-refractivity contribution in [3.8, 4) is 11.8 Å². The molecule has 0 spiro atoms. The van der Waals surface area contributed by atoms with Crippen molar-refractivity contribution in [3.05, 3.63) is 30.1 Å². The third-order valence-electron chi connectivity index (χ3n) is 3.55. The van der Waals surface area contributed by atoms with Gasteiger partial charge in [0.15, 0.2) is 0 Å². The van der Waals surface area contributed by atoms with Crippen molar-refractivity contribution in [2.45, 2.75) is 31.2 Å². The molecule has 0 atom stereocenters. The predicted octanol–water partition coefficient (Wildman–Crippen LogP) is 2.17. The molecule has 0 aliphatic carbocycles. The van der Waals surface area contributed by atoms with E-state index in [-0.39, 0.29) is 18.1 Å². The van der Waals surface area contributed by atoms with Gasteiger partial charge in [0.1, 0.15) is 17.1 Å². The number of nitriles is 1. The van der Waals surface area contributed by atoms with Crippen molar-refractivity contribution in [1.29, 1.82) is 5.26 Å². The minimum Gasteiger partial charge on any atom is -0.493 e. The number of carbonyl (C=O) groups excluding carboxylic acids is 1. The van der Waals surface area contributed by atoms with E-state index in [2.05, 4.69) is 11.4 Å². The quantitative estimate of drug-likeness (QED) is 0.818. The molecule has 1 fully saturated rings. The van der Waals surface area contributed by atoms with E-state index in [0.717, 1.165) is 0 Å². The molecular formula is C16H19FN2O3. The summed E-state index contributed by atoms with van der Waals surface area (Å²) in [7, 11) is 0. The topological polar surface area (TPSA) is 71.4 Å². The molecule has 2 rings (SSSR count). The molecule has 0 radical (unpaired) electrons. The maximum Gasteiger partial charge on any atom is 0.221 e. The highest BCUT2D eigenvalue weighted by Crippen LogP contribution is 2.20. The first kappa shape index (κ1) is 16.2. The highest BCUT2D eigenvalue weighted by atomic mass is 19.1. The Hall–Kier alpha value is -2.13. The Kier molecular flexibility index (Phi) is 5.73. The van der Waals surface area contributed by atoms with E-state index in [1.54, 1.807) is 12.1 Å². The van der Waals surface area contributed by atoms with Gasteiger partial charge in [-0.1, -0.05) is 6.07 Å². The second kappa shape index (κ2) is 7.76. The summed E-state index contributed by atoms with van der Waals surface area (Å²) in [5.74, 6) is -0.0876. The van der Waals surface area contributed by atoms with Gasteiger partial charge in [0.05, 0.1) is 12.7 Å².